The molecule has 0 saturated carbocycles. The monoisotopic (exact) mass is 303 g/mol. The summed E-state index contributed by atoms with van der Waals surface area (Å²) >= 11 is 0. The van der Waals surface area contributed by atoms with Gasteiger partial charge in [-0.15, -0.1) is 0 Å². The number of rotatable bonds is 5. The van der Waals surface area contributed by atoms with Gasteiger partial charge in [-0.25, -0.2) is 0 Å². The predicted molar refractivity (Wildman–Crippen MR) is 91.3 cm³/mol. The summed E-state index contributed by atoms with van der Waals surface area (Å²) in [5.41, 5.74) is 2.79. The van der Waals surface area contributed by atoms with E-state index in [1.807, 2.05) is 0 Å². The van der Waals surface area contributed by atoms with E-state index in [-0.39, 0.29) is 6.10 Å². The molecule has 1 atom stereocenters. The minimum absolute atomic E-state index is 0.134. The van der Waals surface area contributed by atoms with Crippen molar-refractivity contribution in [1.29, 1.82) is 0 Å². The third kappa shape index (κ3) is 3.80. The molecule has 0 bridgehead atoms. The zero-order chi connectivity index (χ0) is 15.4. The summed E-state index contributed by atoms with van der Waals surface area (Å²) < 4.78 is 0. The Bertz CT molecular complexity index is 471. The Balaban J connectivity index is 1.64. The highest BCUT2D eigenvalue weighted by Gasteiger charge is 2.23. The summed E-state index contributed by atoms with van der Waals surface area (Å²) in [5, 5.41) is 9.72. The predicted octanol–water partition coefficient (Wildman–Crippen LogP) is 1.79. The van der Waals surface area contributed by atoms with Gasteiger partial charge in [-0.05, 0) is 31.0 Å². The normalized spacial score (nSPS) is 24.1. The molecular weight excluding hydrogens is 274 g/mol. The second-order valence-corrected chi connectivity index (χ2v) is 6.64. The maximum absolute atomic E-state index is 9.72. The number of aliphatic hydroxyl groups is 1. The van der Waals surface area contributed by atoms with Crippen LogP contribution in [-0.2, 0) is 6.54 Å². The van der Waals surface area contributed by atoms with Gasteiger partial charge in [0.1, 0.15) is 0 Å². The molecule has 0 aliphatic carbocycles. The van der Waals surface area contributed by atoms with Gasteiger partial charge in [-0.3, -0.25) is 9.80 Å². The minimum atomic E-state index is -0.134. The van der Waals surface area contributed by atoms with E-state index in [9.17, 15) is 5.11 Å². The van der Waals surface area contributed by atoms with Gasteiger partial charge in [0.2, 0.25) is 0 Å². The zero-order valence-electron chi connectivity index (χ0n) is 13.7. The maximum atomic E-state index is 9.72. The van der Waals surface area contributed by atoms with Gasteiger partial charge in [-0.2, -0.15) is 0 Å². The van der Waals surface area contributed by atoms with Gasteiger partial charge < -0.3 is 10.0 Å². The molecule has 22 heavy (non-hydrogen) atoms. The Kier molecular flexibility index (Phi) is 5.34. The Hall–Kier alpha value is -1.10. The van der Waals surface area contributed by atoms with E-state index in [0.717, 1.165) is 39.1 Å². The van der Waals surface area contributed by atoms with Crippen LogP contribution in [0.25, 0.3) is 0 Å². The molecule has 0 radical (unpaired) electrons. The van der Waals surface area contributed by atoms with E-state index >= 15 is 0 Å². The van der Waals surface area contributed by atoms with Crippen molar-refractivity contribution in [3.63, 3.8) is 0 Å². The summed E-state index contributed by atoms with van der Waals surface area (Å²) in [6, 6.07) is 8.80. The second-order valence-electron chi connectivity index (χ2n) is 6.64. The third-order valence-electron chi connectivity index (χ3n) is 4.89. The average molecular weight is 303 g/mol. The Labute approximate surface area is 134 Å². The molecule has 3 rings (SSSR count). The van der Waals surface area contributed by atoms with Crippen LogP contribution in [-0.4, -0.2) is 66.8 Å². The van der Waals surface area contributed by atoms with Gasteiger partial charge in [0.05, 0.1) is 6.10 Å². The summed E-state index contributed by atoms with van der Waals surface area (Å²) in [5.74, 6) is 0. The number of likely N-dealkylation sites (tertiary alicyclic amines) is 1. The molecule has 2 heterocycles. The lowest BCUT2D eigenvalue weighted by molar-refractivity contribution is 0.175. The molecule has 1 N–H and O–H groups in total. The van der Waals surface area contributed by atoms with Crippen LogP contribution in [0.3, 0.4) is 0 Å². The van der Waals surface area contributed by atoms with E-state index in [4.69, 9.17) is 0 Å². The molecule has 4 heteroatoms. The molecule has 122 valence electrons. The lowest BCUT2D eigenvalue weighted by Crippen LogP contribution is -2.46. The van der Waals surface area contributed by atoms with Crippen LogP contribution in [0.2, 0.25) is 0 Å². The van der Waals surface area contributed by atoms with Crippen molar-refractivity contribution in [2.45, 2.75) is 32.4 Å². The standard InChI is InChI=1S/C18H29N3O/c1-2-8-19-10-12-21(13-11-19)18-6-4-3-5-16(18)14-20-9-7-17(22)15-20/h3-6,17,22H,2,7-15H2,1H3/t17-/m0/s1. The van der Waals surface area contributed by atoms with E-state index < -0.39 is 0 Å². The highest BCUT2D eigenvalue weighted by molar-refractivity contribution is 5.54. The number of piperazine rings is 1. The quantitative estimate of drug-likeness (QED) is 0.898. The van der Waals surface area contributed by atoms with Crippen molar-refractivity contribution in [1.82, 2.24) is 9.80 Å². The fourth-order valence-electron chi connectivity index (χ4n) is 3.68. The molecule has 2 fully saturated rings. The van der Waals surface area contributed by atoms with E-state index in [1.54, 1.807) is 0 Å². The SMILES string of the molecule is CCCN1CCN(c2ccccc2CN2CC[C@H](O)C2)CC1. The summed E-state index contributed by atoms with van der Waals surface area (Å²) in [6.07, 6.45) is 2.02. The van der Waals surface area contributed by atoms with Crippen molar-refractivity contribution in [2.75, 3.05) is 50.7 Å². The number of aliphatic hydroxyl groups excluding tert-OH is 1. The summed E-state index contributed by atoms with van der Waals surface area (Å²) in [4.78, 5) is 7.47. The van der Waals surface area contributed by atoms with Crippen LogP contribution >= 0.6 is 0 Å². The smallest absolute Gasteiger partial charge is 0.0679 e. The van der Waals surface area contributed by atoms with Crippen molar-refractivity contribution in [3.05, 3.63) is 29.8 Å². The molecule has 2 aliphatic rings. The van der Waals surface area contributed by atoms with Gasteiger partial charge >= 0.3 is 0 Å². The van der Waals surface area contributed by atoms with Crippen molar-refractivity contribution in [2.24, 2.45) is 0 Å². The Morgan fingerprint density at radius 3 is 2.50 bits per heavy atom. The first kappa shape index (κ1) is 15.8. The van der Waals surface area contributed by atoms with Crippen molar-refractivity contribution >= 4 is 5.69 Å². The molecule has 2 aliphatic heterocycles. The molecule has 0 aromatic heterocycles. The molecule has 0 amide bonds. The Morgan fingerprint density at radius 1 is 1.05 bits per heavy atom. The first-order valence-electron chi connectivity index (χ1n) is 8.72. The summed E-state index contributed by atoms with van der Waals surface area (Å²) in [7, 11) is 0. The fraction of sp³-hybridized carbons (Fsp3) is 0.667. The maximum Gasteiger partial charge on any atom is 0.0679 e. The number of nitrogens with zero attached hydrogens (tertiary/aromatic N) is 3. The number of hydrogen-bond acceptors (Lipinski definition) is 4. The average Bonchev–Trinajstić information content (AvgIpc) is 2.94. The van der Waals surface area contributed by atoms with Crippen LogP contribution in [0.4, 0.5) is 5.69 Å². The summed E-state index contributed by atoms with van der Waals surface area (Å²) in [6.45, 7) is 10.9. The van der Waals surface area contributed by atoms with E-state index in [2.05, 4.69) is 45.9 Å². The molecule has 2 saturated heterocycles. The van der Waals surface area contributed by atoms with Crippen LogP contribution < -0.4 is 4.90 Å². The highest BCUT2D eigenvalue weighted by atomic mass is 16.3. The van der Waals surface area contributed by atoms with Gasteiger partial charge in [-0.1, -0.05) is 25.1 Å². The second kappa shape index (κ2) is 7.44. The van der Waals surface area contributed by atoms with Crippen molar-refractivity contribution in [3.8, 4) is 0 Å². The molecule has 0 unspecified atom stereocenters. The first-order valence-corrected chi connectivity index (χ1v) is 8.72. The van der Waals surface area contributed by atoms with Crippen LogP contribution in [0.15, 0.2) is 24.3 Å². The van der Waals surface area contributed by atoms with Gasteiger partial charge in [0.15, 0.2) is 0 Å². The largest absolute Gasteiger partial charge is 0.392 e. The lowest BCUT2D eigenvalue weighted by atomic mass is 10.1. The zero-order valence-corrected chi connectivity index (χ0v) is 13.7. The molecule has 4 nitrogen and oxygen atoms in total. The van der Waals surface area contributed by atoms with Crippen LogP contribution in [0.5, 0.6) is 0 Å². The van der Waals surface area contributed by atoms with E-state index in [1.165, 1.54) is 37.3 Å². The van der Waals surface area contributed by atoms with Crippen LogP contribution in [0.1, 0.15) is 25.3 Å². The van der Waals surface area contributed by atoms with E-state index in [0.29, 0.717) is 0 Å². The number of benzene rings is 1. The third-order valence-corrected chi connectivity index (χ3v) is 4.89. The Morgan fingerprint density at radius 2 is 1.82 bits per heavy atom. The highest BCUT2D eigenvalue weighted by Crippen LogP contribution is 2.24. The number of β-amino-alcohol motifs (C(OH)–C–C–N with tert-alkyl or cyclic N) is 1. The van der Waals surface area contributed by atoms with Crippen LogP contribution in [0, 0.1) is 0 Å². The number of anilines is 1. The molecule has 1 aromatic carbocycles. The minimum Gasteiger partial charge on any atom is -0.392 e. The number of hydrogen-bond donors (Lipinski definition) is 1. The lowest BCUT2D eigenvalue weighted by Gasteiger charge is -2.37. The van der Waals surface area contributed by atoms with Gasteiger partial charge in [0, 0.05) is 51.5 Å². The molecule has 0 spiro atoms. The fourth-order valence-corrected chi connectivity index (χ4v) is 3.68. The number of para-hydroxylation sites is 1. The topological polar surface area (TPSA) is 30.0 Å². The van der Waals surface area contributed by atoms with Crippen molar-refractivity contribution < 1.29 is 5.11 Å². The van der Waals surface area contributed by atoms with Gasteiger partial charge in [0.25, 0.3) is 0 Å². The molecule has 1 aromatic rings. The molecular formula is C18H29N3O. The first-order chi connectivity index (χ1) is 10.8.